The summed E-state index contributed by atoms with van der Waals surface area (Å²) in [5.74, 6) is -1.09. The molecule has 2 aliphatic rings. The molecule has 41 heavy (non-hydrogen) atoms. The molecule has 0 radical (unpaired) electrons. The molecular weight excluding hydrogens is 562 g/mol. The van der Waals surface area contributed by atoms with Gasteiger partial charge in [-0.05, 0) is 61.0 Å². The first kappa shape index (κ1) is 26.9. The van der Waals surface area contributed by atoms with Gasteiger partial charge in [0, 0.05) is 16.5 Å². The Morgan fingerprint density at radius 3 is 2.46 bits per heavy atom. The minimum atomic E-state index is -0.707. The van der Waals surface area contributed by atoms with E-state index in [0.29, 0.717) is 32.8 Å². The van der Waals surface area contributed by atoms with Crippen LogP contribution in [0.1, 0.15) is 21.9 Å². The van der Waals surface area contributed by atoms with Crippen molar-refractivity contribution in [1.29, 1.82) is 0 Å². The fraction of sp³-hybridized carbons (Fsp3) is 0.200. The molecule has 3 aromatic carbocycles. The molecule has 0 saturated carbocycles. The Bertz CT molecular complexity index is 1700. The van der Waals surface area contributed by atoms with Crippen LogP contribution in [0.5, 0.6) is 11.5 Å². The molecule has 1 aromatic heterocycles. The molecule has 2 aliphatic heterocycles. The number of anilines is 2. The van der Waals surface area contributed by atoms with E-state index in [1.807, 2.05) is 25.1 Å². The van der Waals surface area contributed by atoms with Crippen LogP contribution in [-0.2, 0) is 14.4 Å². The quantitative estimate of drug-likeness (QED) is 0.304. The minimum Gasteiger partial charge on any atom is -0.497 e. The third-order valence-electron chi connectivity index (χ3n) is 7.08. The summed E-state index contributed by atoms with van der Waals surface area (Å²) in [7, 11) is 1.57. The number of rotatable bonds is 7. The number of carbonyl (C=O) groups is 3. The Morgan fingerprint density at radius 1 is 0.976 bits per heavy atom. The average molecular weight is 588 g/mol. The largest absolute Gasteiger partial charge is 0.497 e. The minimum absolute atomic E-state index is 0.233. The number of carbonyl (C=O) groups excluding carboxylic acids is 3. The molecule has 9 nitrogen and oxygen atoms in total. The standard InChI is InChI=1S/C30H25N3O6S2/c1-16-6-10-19(11-7-16)33-28(35)24-23(25-27(32-30(37)41-25)40-26(24)29(33)36)17-4-3-5-21(14-17)39-15-22(34)31-18-8-12-20(38-2)13-9-18/h3-14,23-24,26H,15H2,1-2H3,(H,31,34)(H,32,37)/t23-,24-,26+/m0/s1. The highest BCUT2D eigenvalue weighted by molar-refractivity contribution is 8.00. The van der Waals surface area contributed by atoms with Gasteiger partial charge in [0.25, 0.3) is 5.91 Å². The number of thioether (sulfide) groups is 1. The van der Waals surface area contributed by atoms with Gasteiger partial charge in [-0.25, -0.2) is 4.90 Å². The van der Waals surface area contributed by atoms with Gasteiger partial charge in [0.05, 0.1) is 23.7 Å². The zero-order valence-electron chi connectivity index (χ0n) is 22.1. The van der Waals surface area contributed by atoms with Gasteiger partial charge in [0.15, 0.2) is 6.61 Å². The molecule has 4 aromatic rings. The molecule has 0 aliphatic carbocycles. The number of aryl methyl sites for hydroxylation is 1. The van der Waals surface area contributed by atoms with E-state index in [1.165, 1.54) is 16.7 Å². The second kappa shape index (κ2) is 10.9. The molecule has 3 amide bonds. The van der Waals surface area contributed by atoms with Crippen molar-refractivity contribution in [3.8, 4) is 11.5 Å². The Morgan fingerprint density at radius 2 is 1.73 bits per heavy atom. The highest BCUT2D eigenvalue weighted by Gasteiger charge is 2.56. The number of nitrogens with zero attached hydrogens (tertiary/aromatic N) is 1. The Hall–Kier alpha value is -4.35. The Balaban J connectivity index is 1.26. The molecule has 11 heteroatoms. The topological polar surface area (TPSA) is 118 Å². The first-order chi connectivity index (χ1) is 19.8. The fourth-order valence-electron chi connectivity index (χ4n) is 5.14. The van der Waals surface area contributed by atoms with E-state index in [0.717, 1.165) is 22.5 Å². The van der Waals surface area contributed by atoms with Crippen molar-refractivity contribution in [2.24, 2.45) is 5.92 Å². The predicted molar refractivity (Wildman–Crippen MR) is 157 cm³/mol. The Labute approximate surface area is 243 Å². The van der Waals surface area contributed by atoms with E-state index in [2.05, 4.69) is 10.3 Å². The molecule has 0 unspecified atom stereocenters. The highest BCUT2D eigenvalue weighted by atomic mass is 32.2. The number of benzene rings is 3. The summed E-state index contributed by atoms with van der Waals surface area (Å²) in [6.07, 6.45) is 0. The van der Waals surface area contributed by atoms with Gasteiger partial charge in [0.2, 0.25) is 11.8 Å². The van der Waals surface area contributed by atoms with Crippen molar-refractivity contribution in [3.63, 3.8) is 0 Å². The maximum Gasteiger partial charge on any atom is 0.305 e. The van der Waals surface area contributed by atoms with E-state index < -0.39 is 17.1 Å². The SMILES string of the molecule is COc1ccc(NC(=O)COc2cccc([C@@H]3c4sc(=O)[nH]c4S[C@H]4C(=O)N(c5ccc(C)cc5)C(=O)[C@@H]34)c2)cc1. The summed E-state index contributed by atoms with van der Waals surface area (Å²) in [6, 6.07) is 21.3. The molecule has 208 valence electrons. The fourth-order valence-corrected chi connectivity index (χ4v) is 7.66. The smallest absolute Gasteiger partial charge is 0.305 e. The second-order valence-electron chi connectivity index (χ2n) is 9.74. The molecule has 3 heterocycles. The zero-order valence-corrected chi connectivity index (χ0v) is 23.7. The Kier molecular flexibility index (Phi) is 7.14. The van der Waals surface area contributed by atoms with E-state index >= 15 is 0 Å². The number of hydrogen-bond donors (Lipinski definition) is 2. The summed E-state index contributed by atoms with van der Waals surface area (Å²) in [6.45, 7) is 1.71. The van der Waals surface area contributed by atoms with Crippen molar-refractivity contribution in [2.45, 2.75) is 23.1 Å². The number of hydrogen-bond acceptors (Lipinski definition) is 8. The van der Waals surface area contributed by atoms with Crippen LogP contribution in [0.15, 0.2) is 82.6 Å². The monoisotopic (exact) mass is 587 g/mol. The summed E-state index contributed by atoms with van der Waals surface area (Å²) in [5, 5.41) is 2.69. The van der Waals surface area contributed by atoms with E-state index in [1.54, 1.807) is 61.7 Å². The third-order valence-corrected chi connectivity index (χ3v) is 9.48. The summed E-state index contributed by atoms with van der Waals surface area (Å²) >= 11 is 2.28. The van der Waals surface area contributed by atoms with Crippen LogP contribution >= 0.6 is 23.1 Å². The molecule has 1 fully saturated rings. The van der Waals surface area contributed by atoms with E-state index in [-0.39, 0.29) is 29.2 Å². The first-order valence-electron chi connectivity index (χ1n) is 12.8. The molecular formula is C30H25N3O6S2. The normalized spacial score (nSPS) is 19.5. The van der Waals surface area contributed by atoms with Crippen LogP contribution in [-0.4, -0.2) is 41.7 Å². The van der Waals surface area contributed by atoms with Crippen LogP contribution in [0.3, 0.4) is 0 Å². The maximum absolute atomic E-state index is 13.9. The van der Waals surface area contributed by atoms with Crippen LogP contribution in [0.2, 0.25) is 0 Å². The number of aromatic nitrogens is 1. The summed E-state index contributed by atoms with van der Waals surface area (Å²) < 4.78 is 10.9. The lowest BCUT2D eigenvalue weighted by molar-refractivity contribution is -0.122. The van der Waals surface area contributed by atoms with Crippen molar-refractivity contribution in [1.82, 2.24) is 4.98 Å². The van der Waals surface area contributed by atoms with Gasteiger partial charge in [-0.15, -0.1) is 0 Å². The lowest BCUT2D eigenvalue weighted by Crippen LogP contribution is -2.32. The van der Waals surface area contributed by atoms with Gasteiger partial charge in [-0.1, -0.05) is 52.9 Å². The molecule has 0 bridgehead atoms. The maximum atomic E-state index is 13.9. The van der Waals surface area contributed by atoms with Gasteiger partial charge in [0.1, 0.15) is 16.7 Å². The zero-order chi connectivity index (χ0) is 28.7. The summed E-state index contributed by atoms with van der Waals surface area (Å²) in [5.41, 5.74) is 2.87. The highest BCUT2D eigenvalue weighted by Crippen LogP contribution is 2.53. The third kappa shape index (κ3) is 5.14. The van der Waals surface area contributed by atoms with Gasteiger partial charge >= 0.3 is 4.87 Å². The number of H-pyrrole nitrogens is 1. The number of nitrogens with one attached hydrogen (secondary N) is 2. The number of fused-ring (bicyclic) bond motifs is 2. The van der Waals surface area contributed by atoms with Crippen molar-refractivity contribution < 1.29 is 23.9 Å². The number of imide groups is 1. The number of aromatic amines is 1. The van der Waals surface area contributed by atoms with Gasteiger partial charge in [-0.2, -0.15) is 0 Å². The molecule has 6 rings (SSSR count). The number of methoxy groups -OCH3 is 1. The predicted octanol–water partition coefficient (Wildman–Crippen LogP) is 4.57. The number of ether oxygens (including phenoxy) is 2. The molecule has 3 atom stereocenters. The van der Waals surface area contributed by atoms with Crippen LogP contribution in [0, 0.1) is 12.8 Å². The summed E-state index contributed by atoms with van der Waals surface area (Å²) in [4.78, 5) is 56.9. The van der Waals surface area contributed by atoms with Crippen LogP contribution < -0.4 is 24.6 Å². The average Bonchev–Trinajstić information content (AvgIpc) is 3.47. The van der Waals surface area contributed by atoms with Crippen molar-refractivity contribution in [3.05, 3.63) is 98.5 Å². The van der Waals surface area contributed by atoms with Crippen molar-refractivity contribution in [2.75, 3.05) is 23.9 Å². The number of amides is 3. The number of thiazole rings is 1. The molecule has 2 N–H and O–H groups in total. The van der Waals surface area contributed by atoms with Crippen molar-refractivity contribution >= 4 is 52.2 Å². The van der Waals surface area contributed by atoms with Crippen LogP contribution in [0.25, 0.3) is 0 Å². The van der Waals surface area contributed by atoms with Gasteiger partial charge < -0.3 is 19.8 Å². The van der Waals surface area contributed by atoms with E-state index in [4.69, 9.17) is 9.47 Å². The lowest BCUT2D eigenvalue weighted by Gasteiger charge is -2.30. The van der Waals surface area contributed by atoms with Crippen LogP contribution in [0.4, 0.5) is 11.4 Å². The van der Waals surface area contributed by atoms with Gasteiger partial charge in [-0.3, -0.25) is 19.2 Å². The molecule has 1 saturated heterocycles. The molecule has 0 spiro atoms. The van der Waals surface area contributed by atoms with E-state index in [9.17, 15) is 19.2 Å². The second-order valence-corrected chi connectivity index (χ2v) is 11.9. The lowest BCUT2D eigenvalue weighted by atomic mass is 9.83. The first-order valence-corrected chi connectivity index (χ1v) is 14.5.